The smallest absolute Gasteiger partial charge is 0.425 e. The van der Waals surface area contributed by atoms with Gasteiger partial charge in [-0.2, -0.15) is 13.5 Å². The average Bonchev–Trinajstić information content (AvgIpc) is 0.910. The number of imide groups is 1. The molecule has 5 aromatic rings. The largest absolute Gasteiger partial charge is 0.505 e. The van der Waals surface area contributed by atoms with Crippen molar-refractivity contribution in [2.24, 2.45) is 32.6 Å². The van der Waals surface area contributed by atoms with E-state index in [0.717, 1.165) is 45.0 Å². The fourth-order valence-corrected chi connectivity index (χ4v) is 16.4. The third kappa shape index (κ3) is 37.2. The van der Waals surface area contributed by atoms with Gasteiger partial charge in [0.1, 0.15) is 36.1 Å². The van der Waals surface area contributed by atoms with Crippen LogP contribution in [0.4, 0.5) is 22.7 Å². The minimum atomic E-state index is -4.56. The molecule has 0 aliphatic carbocycles. The summed E-state index contributed by atoms with van der Waals surface area (Å²) < 4.78 is 68.3. The standard InChI is InChI=1S/C48H71N13O15S.C36H41N7O9S.O3S/c49-48(50)53-12-6-10-33-45(73)54-25-38(64)55-35(23-42(68)69)36(63)22-32(21-31-7-2-1-3-8-31)44(72)56-34(46(74)57-33)9-4-5-11-51-40(66)28-77-37-24-41(67)61(47(37)75)14-13-52-39(65)26-58-15-16-59(27-43(70)71)18-20-60(19-17-58)29-76-30-62;1-23-17-25(3-7-29(23)38-33(45)19-41-11-12-42(20-34(46)47)14-16-43(15-13-41)21-52-22-44)26-4-8-30(24(2)18-26)39-40-31-9-5-27-32(53(49,50)51)10-6-28(37)35(27)36(31)48;1-4(2)3/h1-3,7-8,30,32-35,37H,4-6,9-29H2,(H,51,66)(H,52,65)(H,54,73)(H,55,64)(H,56,72)(H,57,74)(H,68,69)(H,70,71)(H4,49,50,53);3-10,17-18,22,48H,11-16,19-21,37H2,1-2H3,(H,38,45)(H,46,47)(H,49,50,51);/t32-,33+,34-,35+,37?;;/m1../s1. The number of nitrogen functional groups attached to an aromatic ring is 1. The summed E-state index contributed by atoms with van der Waals surface area (Å²) in [5, 5.41) is 65.4. The van der Waals surface area contributed by atoms with Gasteiger partial charge in [-0.3, -0.25) is 116 Å². The Bertz CT molecular complexity index is 5310. The van der Waals surface area contributed by atoms with E-state index < -0.39 is 134 Å². The number of anilines is 2. The molecule has 50 heteroatoms. The molecule has 0 aromatic heterocycles. The molecule has 18 N–H and O–H groups in total. The number of carboxylic acid groups (broad SMARTS) is 3. The van der Waals surface area contributed by atoms with E-state index in [0.29, 0.717) is 115 Å². The van der Waals surface area contributed by atoms with Crippen molar-refractivity contribution < 1.29 is 127 Å². The molecule has 0 saturated carbocycles. The first kappa shape index (κ1) is 108. The van der Waals surface area contributed by atoms with Gasteiger partial charge >= 0.3 is 28.5 Å². The van der Waals surface area contributed by atoms with Crippen LogP contribution in [0.1, 0.15) is 68.1 Å². The van der Waals surface area contributed by atoms with Crippen LogP contribution in [-0.2, 0) is 109 Å². The van der Waals surface area contributed by atoms with Gasteiger partial charge in [-0.1, -0.05) is 48.5 Å². The summed E-state index contributed by atoms with van der Waals surface area (Å²) in [4.78, 5) is 205. The van der Waals surface area contributed by atoms with Crippen molar-refractivity contribution in [2.45, 2.75) is 99.9 Å². The second-order valence-electron chi connectivity index (χ2n) is 31.5. The SMILES string of the molecule is Cc1cc(-c2ccc(NC(=O)CN3CCN(COC=O)CCN(CC(=O)O)CC3)c(C)c2)ccc1N=Nc1ccc2c(S(=O)(=O)O)ccc(N)c2c1O.NC(N)=NCCC[C@@H]1NC(=O)[C@@H](CCCCNC(=O)CSC2CC(=O)N(CCNC(=O)CN3CCN(COC=O)CCN(CC(=O)O)CC3)C2=O)NC(=O)[C@H](Cc2ccccc2)CC(=O)[C@H](CC(=O)O)NC(=O)CNC1=O.O=S(=O)=O. The van der Waals surface area contributed by atoms with Gasteiger partial charge in [0.05, 0.1) is 67.3 Å². The number of nitrogens with two attached hydrogens (primary N) is 3. The van der Waals surface area contributed by atoms with Crippen molar-refractivity contribution in [1.82, 2.24) is 66.2 Å². The minimum absolute atomic E-state index is 0.00319. The molecular formula is C84H112N20O27S3. The third-order valence-electron chi connectivity index (χ3n) is 21.6. The van der Waals surface area contributed by atoms with E-state index in [2.05, 4.69) is 52.4 Å². The van der Waals surface area contributed by atoms with Crippen molar-refractivity contribution in [3.63, 3.8) is 0 Å². The molecule has 1 unspecified atom stereocenters. The van der Waals surface area contributed by atoms with Crippen LogP contribution in [0.5, 0.6) is 5.75 Å². The van der Waals surface area contributed by atoms with E-state index in [-0.39, 0.29) is 161 Å². The molecule has 4 aliphatic rings. The number of aliphatic imine (C=N–C) groups is 1. The van der Waals surface area contributed by atoms with E-state index in [1.165, 1.54) is 18.2 Å². The normalized spacial score (nSPS) is 18.7. The van der Waals surface area contributed by atoms with Crippen LogP contribution in [0.3, 0.4) is 0 Å². The lowest BCUT2D eigenvalue weighted by Gasteiger charge is -2.25. The number of ether oxygens (including phenoxy) is 2. The zero-order valence-electron chi connectivity index (χ0n) is 73.7. The molecule has 0 radical (unpaired) electrons. The molecule has 4 heterocycles. The second kappa shape index (κ2) is 54.8. The number of hydrogen-bond acceptors (Lipinski definition) is 34. The van der Waals surface area contributed by atoms with Crippen LogP contribution in [0, 0.1) is 19.8 Å². The zero-order valence-corrected chi connectivity index (χ0v) is 76.1. The highest BCUT2D eigenvalue weighted by Crippen LogP contribution is 2.42. The Labute approximate surface area is 776 Å². The lowest BCUT2D eigenvalue weighted by Crippen LogP contribution is -2.55. The number of aliphatic carboxylic acids is 3. The molecule has 728 valence electrons. The molecule has 9 amide bonds. The number of phenolic OH excluding ortho intramolecular Hbond substituents is 1. The molecule has 4 fully saturated rings. The molecule has 47 nitrogen and oxygen atoms in total. The van der Waals surface area contributed by atoms with Gasteiger partial charge in [0, 0.05) is 140 Å². The van der Waals surface area contributed by atoms with E-state index in [9.17, 15) is 105 Å². The fourth-order valence-electron chi connectivity index (χ4n) is 14.7. The quantitative estimate of drug-likeness (QED) is 0.00311. The average molecular weight is 1930 g/mol. The second-order valence-corrected chi connectivity index (χ2v) is 34.5. The number of thioether (sulfide) groups is 1. The van der Waals surface area contributed by atoms with Crippen LogP contribution in [0.25, 0.3) is 21.9 Å². The maximum absolute atomic E-state index is 14.1. The number of azo groups is 1. The fraction of sp³-hybridized carbons (Fsp3) is 0.476. The summed E-state index contributed by atoms with van der Waals surface area (Å²) in [5.41, 5.74) is 22.3. The van der Waals surface area contributed by atoms with Crippen molar-refractivity contribution in [3.8, 4) is 16.9 Å². The van der Waals surface area contributed by atoms with Crippen LogP contribution >= 0.6 is 11.8 Å². The molecule has 0 spiro atoms. The first-order chi connectivity index (χ1) is 63.8. The van der Waals surface area contributed by atoms with Gasteiger partial charge in [-0.05, 0) is 123 Å². The Balaban J connectivity index is 0.000000373. The Hall–Kier alpha value is -13.1. The van der Waals surface area contributed by atoms with E-state index in [1.807, 2.05) is 63.8 Å². The number of ketones is 1. The van der Waals surface area contributed by atoms with Crippen molar-refractivity contribution in [2.75, 3.05) is 168 Å². The number of fused-ring (bicyclic) bond motifs is 1. The van der Waals surface area contributed by atoms with Crippen molar-refractivity contribution in [1.29, 1.82) is 0 Å². The topological polar surface area (TPSA) is 683 Å². The monoisotopic (exact) mass is 1930 g/mol. The molecule has 5 atom stereocenters. The maximum Gasteiger partial charge on any atom is 0.425 e. The summed E-state index contributed by atoms with van der Waals surface area (Å²) in [7, 11) is -7.67. The van der Waals surface area contributed by atoms with Crippen LogP contribution in [0.2, 0.25) is 0 Å². The van der Waals surface area contributed by atoms with E-state index in [1.54, 1.807) is 46.2 Å². The zero-order chi connectivity index (χ0) is 98.1. The number of aromatic hydroxyl groups is 1. The van der Waals surface area contributed by atoms with Crippen LogP contribution in [-0.4, -0.2) is 356 Å². The predicted octanol–water partition coefficient (Wildman–Crippen LogP) is -1.54. The Kier molecular flexibility index (Phi) is 44.1. The number of amides is 9. The number of unbranched alkanes of at least 4 members (excludes halogenated alkanes) is 1. The summed E-state index contributed by atoms with van der Waals surface area (Å²) in [5.74, 6) is -11.1. The van der Waals surface area contributed by atoms with Crippen LogP contribution < -0.4 is 54.4 Å². The van der Waals surface area contributed by atoms with Gasteiger partial charge in [-0.25, -0.2) is 0 Å². The summed E-state index contributed by atoms with van der Waals surface area (Å²) in [6, 6.07) is 21.1. The lowest BCUT2D eigenvalue weighted by molar-refractivity contribution is -0.141. The number of aryl methyl sites for hydroxylation is 2. The number of benzene rings is 5. The third-order valence-corrected chi connectivity index (χ3v) is 23.7. The van der Waals surface area contributed by atoms with E-state index in [4.69, 9.17) is 39.3 Å². The Morgan fingerprint density at radius 1 is 0.597 bits per heavy atom. The molecule has 0 bridgehead atoms. The number of Topliss-reactive ketones (excluding diaryl/α,β-unsaturated/α-hetero) is 1. The van der Waals surface area contributed by atoms with Crippen molar-refractivity contribution >= 4 is 162 Å². The molecule has 134 heavy (non-hydrogen) atoms. The lowest BCUT2D eigenvalue weighted by atomic mass is 9.90. The van der Waals surface area contributed by atoms with Gasteiger partial charge < -0.3 is 84.3 Å². The number of phenols is 1. The highest BCUT2D eigenvalue weighted by Gasteiger charge is 2.40. The molecule has 9 rings (SSSR count). The minimum Gasteiger partial charge on any atom is -0.505 e. The molecule has 4 aliphatic heterocycles. The molecular weight excluding hydrogens is 1820 g/mol. The maximum atomic E-state index is 14.1. The van der Waals surface area contributed by atoms with Crippen LogP contribution in [0.15, 0.2) is 111 Å². The number of hydrogen-bond donors (Lipinski definition) is 15. The number of carbonyl (C=O) groups is 15. The van der Waals surface area contributed by atoms with Gasteiger partial charge in [-0.15, -0.1) is 29.5 Å². The first-order valence-corrected chi connectivity index (χ1v) is 45.9. The number of carbonyl (C=O) groups excluding carboxylic acids is 12. The number of likely N-dealkylation sites (tertiary alicyclic amines) is 1. The summed E-state index contributed by atoms with van der Waals surface area (Å²) in [6.07, 6.45) is -0.697. The van der Waals surface area contributed by atoms with E-state index >= 15 is 0 Å². The molecule has 4 saturated heterocycles. The number of guanidine groups is 1. The number of carboxylic acids is 3. The predicted molar refractivity (Wildman–Crippen MR) is 484 cm³/mol. The highest BCUT2D eigenvalue weighted by molar-refractivity contribution is 8.01. The first-order valence-electron chi connectivity index (χ1n) is 42.4. The summed E-state index contributed by atoms with van der Waals surface area (Å²) >= 11 is 0.980. The summed E-state index contributed by atoms with van der Waals surface area (Å²) in [6.45, 7) is 9.21. The van der Waals surface area contributed by atoms with Crippen molar-refractivity contribution in [3.05, 3.63) is 108 Å². The number of nitrogens with zero attached hydrogens (tertiary/aromatic N) is 10. The van der Waals surface area contributed by atoms with Gasteiger partial charge in [0.25, 0.3) is 23.1 Å². The molecule has 5 aromatic carbocycles. The Morgan fingerprint density at radius 3 is 1.69 bits per heavy atom. The number of nitrogens with one attached hydrogen (secondary N) is 7. The Morgan fingerprint density at radius 2 is 1.13 bits per heavy atom. The van der Waals surface area contributed by atoms with Gasteiger partial charge in [0.15, 0.2) is 17.5 Å². The van der Waals surface area contributed by atoms with Gasteiger partial charge in [0.2, 0.25) is 53.2 Å². The number of rotatable bonds is 38. The highest BCUT2D eigenvalue weighted by atomic mass is 32.2.